The van der Waals surface area contributed by atoms with Gasteiger partial charge in [-0.2, -0.15) is 8.42 Å². The fourth-order valence-corrected chi connectivity index (χ4v) is 2.77. The van der Waals surface area contributed by atoms with Gasteiger partial charge in [0.15, 0.2) is 0 Å². The number of benzene rings is 1. The van der Waals surface area contributed by atoms with Crippen molar-refractivity contribution in [3.8, 4) is 0 Å². The lowest BCUT2D eigenvalue weighted by Gasteiger charge is -2.11. The average molecular weight is 279 g/mol. The van der Waals surface area contributed by atoms with Crippen LogP contribution in [0.5, 0.6) is 0 Å². The molecule has 1 rings (SSSR count). The van der Waals surface area contributed by atoms with E-state index in [2.05, 4.69) is 15.9 Å². The Morgan fingerprint density at radius 1 is 1.43 bits per heavy atom. The molecule has 1 N–H and O–H groups in total. The van der Waals surface area contributed by atoms with Crippen molar-refractivity contribution in [3.05, 3.63) is 34.3 Å². The van der Waals surface area contributed by atoms with Crippen LogP contribution in [0, 0.1) is 0 Å². The van der Waals surface area contributed by atoms with Gasteiger partial charge in [0.1, 0.15) is 0 Å². The second-order valence-corrected chi connectivity index (χ2v) is 5.52. The van der Waals surface area contributed by atoms with Crippen LogP contribution in [-0.2, 0) is 10.1 Å². The minimum absolute atomic E-state index is 0.222. The quantitative estimate of drug-likeness (QED) is 0.865. The van der Waals surface area contributed by atoms with Gasteiger partial charge in [0.05, 0.1) is 5.75 Å². The highest BCUT2D eigenvalue weighted by atomic mass is 79.9. The van der Waals surface area contributed by atoms with Crippen LogP contribution in [0.3, 0.4) is 0 Å². The Kier molecular flexibility index (Phi) is 3.69. The summed E-state index contributed by atoms with van der Waals surface area (Å²) in [5, 5.41) is 0. The molecule has 0 saturated heterocycles. The second kappa shape index (κ2) is 4.42. The summed E-state index contributed by atoms with van der Waals surface area (Å²) >= 11 is 3.33. The molecule has 0 saturated carbocycles. The Morgan fingerprint density at radius 2 is 2.00 bits per heavy atom. The van der Waals surface area contributed by atoms with Crippen LogP contribution in [0.1, 0.15) is 18.4 Å². The van der Waals surface area contributed by atoms with Crippen molar-refractivity contribution in [2.75, 3.05) is 5.75 Å². The van der Waals surface area contributed by atoms with Crippen LogP contribution < -0.4 is 0 Å². The molecule has 0 aromatic heterocycles. The van der Waals surface area contributed by atoms with E-state index >= 15 is 0 Å². The third kappa shape index (κ3) is 3.40. The number of hydrogen-bond donors (Lipinski definition) is 1. The molecule has 0 spiro atoms. The van der Waals surface area contributed by atoms with Crippen LogP contribution in [0.2, 0.25) is 0 Å². The van der Waals surface area contributed by atoms with Gasteiger partial charge in [0, 0.05) is 4.47 Å². The zero-order valence-electron chi connectivity index (χ0n) is 7.64. The van der Waals surface area contributed by atoms with Gasteiger partial charge in [-0.1, -0.05) is 41.1 Å². The molecule has 0 amide bonds. The average Bonchev–Trinajstić information content (AvgIpc) is 2.01. The molecule has 1 unspecified atom stereocenters. The lowest BCUT2D eigenvalue weighted by molar-refractivity contribution is 0.479. The molecule has 0 fully saturated rings. The standard InChI is InChI=1S/C9H11BrO3S/c1-7(6-14(11,12)13)8-4-2-3-5-9(8)10/h2-5,7H,6H2,1H3,(H,11,12,13). The number of rotatable bonds is 3. The third-order valence-corrected chi connectivity index (χ3v) is 3.54. The minimum atomic E-state index is -3.91. The summed E-state index contributed by atoms with van der Waals surface area (Å²) in [7, 11) is -3.91. The predicted molar refractivity (Wildman–Crippen MR) is 59.0 cm³/mol. The molecule has 0 bridgehead atoms. The third-order valence-electron chi connectivity index (χ3n) is 1.90. The fourth-order valence-electron chi connectivity index (χ4n) is 1.28. The predicted octanol–water partition coefficient (Wildman–Crippen LogP) is 2.44. The van der Waals surface area contributed by atoms with Gasteiger partial charge >= 0.3 is 0 Å². The lowest BCUT2D eigenvalue weighted by Crippen LogP contribution is -2.11. The zero-order chi connectivity index (χ0) is 10.8. The van der Waals surface area contributed by atoms with E-state index in [0.717, 1.165) is 10.0 Å². The molecular weight excluding hydrogens is 268 g/mol. The first kappa shape index (κ1) is 11.7. The van der Waals surface area contributed by atoms with E-state index in [0.29, 0.717) is 0 Å². The summed E-state index contributed by atoms with van der Waals surface area (Å²) in [5.41, 5.74) is 0.880. The molecule has 0 radical (unpaired) electrons. The maximum atomic E-state index is 10.7. The smallest absolute Gasteiger partial charge is 0.265 e. The summed E-state index contributed by atoms with van der Waals surface area (Å²) in [4.78, 5) is 0. The number of hydrogen-bond acceptors (Lipinski definition) is 2. The fraction of sp³-hybridized carbons (Fsp3) is 0.333. The topological polar surface area (TPSA) is 54.4 Å². The highest BCUT2D eigenvalue weighted by Crippen LogP contribution is 2.25. The van der Waals surface area contributed by atoms with Crippen molar-refractivity contribution in [2.24, 2.45) is 0 Å². The summed E-state index contributed by atoms with van der Waals surface area (Å²) in [6.45, 7) is 1.76. The molecule has 3 nitrogen and oxygen atoms in total. The van der Waals surface area contributed by atoms with Crippen LogP contribution in [0.25, 0.3) is 0 Å². The van der Waals surface area contributed by atoms with Crippen molar-refractivity contribution >= 4 is 26.0 Å². The van der Waals surface area contributed by atoms with Gasteiger partial charge < -0.3 is 0 Å². The number of halogens is 1. The maximum absolute atomic E-state index is 10.7. The second-order valence-electron chi connectivity index (χ2n) is 3.17. The summed E-state index contributed by atoms with van der Waals surface area (Å²) in [5.74, 6) is -0.476. The van der Waals surface area contributed by atoms with Crippen LogP contribution in [0.4, 0.5) is 0 Å². The van der Waals surface area contributed by atoms with Gasteiger partial charge in [0.2, 0.25) is 0 Å². The van der Waals surface area contributed by atoms with Crippen LogP contribution >= 0.6 is 15.9 Å². The van der Waals surface area contributed by atoms with E-state index in [4.69, 9.17) is 4.55 Å². The Hall–Kier alpha value is -0.390. The van der Waals surface area contributed by atoms with E-state index in [-0.39, 0.29) is 11.7 Å². The Balaban J connectivity index is 2.90. The van der Waals surface area contributed by atoms with Crippen molar-refractivity contribution in [1.82, 2.24) is 0 Å². The normalized spacial score (nSPS) is 13.9. The summed E-state index contributed by atoms with van der Waals surface area (Å²) in [6.07, 6.45) is 0. The summed E-state index contributed by atoms with van der Waals surface area (Å²) in [6, 6.07) is 7.37. The van der Waals surface area contributed by atoms with E-state index in [1.54, 1.807) is 6.92 Å². The molecule has 0 aliphatic carbocycles. The highest BCUT2D eigenvalue weighted by Gasteiger charge is 2.15. The highest BCUT2D eigenvalue weighted by molar-refractivity contribution is 9.10. The SMILES string of the molecule is CC(CS(=O)(=O)O)c1ccccc1Br. The molecule has 1 aromatic carbocycles. The molecular formula is C9H11BrO3S. The van der Waals surface area contributed by atoms with E-state index in [1.165, 1.54) is 0 Å². The van der Waals surface area contributed by atoms with Crippen molar-refractivity contribution in [2.45, 2.75) is 12.8 Å². The minimum Gasteiger partial charge on any atom is -0.286 e. The first-order valence-electron chi connectivity index (χ1n) is 4.10. The Labute approximate surface area is 92.0 Å². The van der Waals surface area contributed by atoms with Crippen LogP contribution in [0.15, 0.2) is 28.7 Å². The van der Waals surface area contributed by atoms with Crippen molar-refractivity contribution < 1.29 is 13.0 Å². The molecule has 0 aliphatic heterocycles. The molecule has 0 heterocycles. The van der Waals surface area contributed by atoms with Gasteiger partial charge in [-0.3, -0.25) is 4.55 Å². The van der Waals surface area contributed by atoms with Gasteiger partial charge in [-0.15, -0.1) is 0 Å². The molecule has 5 heteroatoms. The Bertz CT molecular complexity index is 414. The van der Waals surface area contributed by atoms with Crippen LogP contribution in [-0.4, -0.2) is 18.7 Å². The zero-order valence-corrected chi connectivity index (χ0v) is 10.0. The Morgan fingerprint density at radius 3 is 2.50 bits per heavy atom. The van der Waals surface area contributed by atoms with Gasteiger partial charge in [-0.25, -0.2) is 0 Å². The molecule has 14 heavy (non-hydrogen) atoms. The first-order valence-corrected chi connectivity index (χ1v) is 6.50. The van der Waals surface area contributed by atoms with Gasteiger partial charge in [0.25, 0.3) is 10.1 Å². The molecule has 0 aliphatic rings. The van der Waals surface area contributed by atoms with E-state index < -0.39 is 10.1 Å². The largest absolute Gasteiger partial charge is 0.286 e. The van der Waals surface area contributed by atoms with Crippen molar-refractivity contribution in [3.63, 3.8) is 0 Å². The maximum Gasteiger partial charge on any atom is 0.265 e. The lowest BCUT2D eigenvalue weighted by atomic mass is 10.0. The monoisotopic (exact) mass is 278 g/mol. The summed E-state index contributed by atoms with van der Waals surface area (Å²) < 4.78 is 30.9. The first-order chi connectivity index (χ1) is 6.40. The van der Waals surface area contributed by atoms with Gasteiger partial charge in [-0.05, 0) is 17.5 Å². The molecule has 1 aromatic rings. The van der Waals surface area contributed by atoms with E-state index in [9.17, 15) is 8.42 Å². The molecule has 78 valence electrons. The van der Waals surface area contributed by atoms with E-state index in [1.807, 2.05) is 24.3 Å². The molecule has 1 atom stereocenters. The van der Waals surface area contributed by atoms with Crippen molar-refractivity contribution in [1.29, 1.82) is 0 Å².